The fraction of sp³-hybridized carbons (Fsp3) is 0.444. The highest BCUT2D eigenvalue weighted by molar-refractivity contribution is 7.13. The Balaban J connectivity index is 1.89. The molecule has 0 atom stereocenters. The number of benzene rings is 1. The second kappa shape index (κ2) is 7.66. The van der Waals surface area contributed by atoms with Gasteiger partial charge in [0.05, 0.1) is 18.7 Å². The number of rotatable bonds is 7. The third-order valence-corrected chi connectivity index (χ3v) is 4.31. The number of anilines is 1. The fourth-order valence-corrected chi connectivity index (χ4v) is 3.05. The molecule has 1 aromatic carbocycles. The zero-order chi connectivity index (χ0) is 17.7. The minimum Gasteiger partial charge on any atom is -0.491 e. The molecule has 0 saturated heterocycles. The Labute approximate surface area is 146 Å². The molecule has 0 unspecified atom stereocenters. The maximum absolute atomic E-state index is 10.7. The molecular formula is C18H24N2O3S. The summed E-state index contributed by atoms with van der Waals surface area (Å²) in [5, 5.41) is 14.4. The van der Waals surface area contributed by atoms with Gasteiger partial charge in [0.1, 0.15) is 12.4 Å². The van der Waals surface area contributed by atoms with Crippen LogP contribution in [0.5, 0.6) is 5.75 Å². The molecule has 0 fully saturated rings. The van der Waals surface area contributed by atoms with Gasteiger partial charge in [-0.15, -0.1) is 11.3 Å². The van der Waals surface area contributed by atoms with Crippen LogP contribution in [-0.2, 0) is 16.6 Å². The van der Waals surface area contributed by atoms with E-state index in [-0.39, 0.29) is 11.8 Å². The second-order valence-corrected chi connectivity index (χ2v) is 7.60. The Morgan fingerprint density at radius 3 is 2.79 bits per heavy atom. The van der Waals surface area contributed by atoms with Crippen molar-refractivity contribution in [2.45, 2.75) is 39.5 Å². The molecule has 0 radical (unpaired) electrons. The average Bonchev–Trinajstić information content (AvgIpc) is 2.89. The van der Waals surface area contributed by atoms with Crippen molar-refractivity contribution in [2.75, 3.05) is 18.5 Å². The van der Waals surface area contributed by atoms with Gasteiger partial charge in [0.15, 0.2) is 5.13 Å². The minimum atomic E-state index is -0.871. The molecule has 24 heavy (non-hydrogen) atoms. The van der Waals surface area contributed by atoms with E-state index in [1.54, 1.807) is 5.38 Å². The van der Waals surface area contributed by atoms with Gasteiger partial charge in [0, 0.05) is 5.38 Å². The van der Waals surface area contributed by atoms with Gasteiger partial charge >= 0.3 is 5.97 Å². The molecule has 5 nitrogen and oxygen atoms in total. The first kappa shape index (κ1) is 18.3. The number of carboxylic acid groups (broad SMARTS) is 1. The van der Waals surface area contributed by atoms with Crippen molar-refractivity contribution < 1.29 is 14.6 Å². The molecule has 0 amide bonds. The molecule has 0 aliphatic carbocycles. The highest BCUT2D eigenvalue weighted by atomic mass is 32.1. The summed E-state index contributed by atoms with van der Waals surface area (Å²) in [6, 6.07) is 6.29. The molecule has 130 valence electrons. The van der Waals surface area contributed by atoms with Crippen LogP contribution in [0, 0.1) is 6.92 Å². The van der Waals surface area contributed by atoms with Crippen molar-refractivity contribution in [1.82, 2.24) is 4.98 Å². The second-order valence-electron chi connectivity index (χ2n) is 6.74. The van der Waals surface area contributed by atoms with Crippen LogP contribution in [0.3, 0.4) is 0 Å². The van der Waals surface area contributed by atoms with E-state index in [1.807, 2.05) is 0 Å². The van der Waals surface area contributed by atoms with Crippen molar-refractivity contribution in [1.29, 1.82) is 0 Å². The molecule has 2 rings (SSSR count). The topological polar surface area (TPSA) is 71.5 Å². The van der Waals surface area contributed by atoms with Gasteiger partial charge < -0.3 is 15.2 Å². The van der Waals surface area contributed by atoms with Crippen LogP contribution in [0.4, 0.5) is 5.13 Å². The van der Waals surface area contributed by atoms with Gasteiger partial charge in [-0.3, -0.25) is 4.79 Å². The highest BCUT2D eigenvalue weighted by Gasteiger charge is 2.18. The molecule has 2 N–H and O–H groups in total. The third-order valence-electron chi connectivity index (χ3n) is 3.47. The van der Waals surface area contributed by atoms with Gasteiger partial charge in [-0.2, -0.15) is 0 Å². The predicted octanol–water partition coefficient (Wildman–Crippen LogP) is 3.87. The van der Waals surface area contributed by atoms with E-state index in [4.69, 9.17) is 9.84 Å². The first-order chi connectivity index (χ1) is 11.3. The lowest BCUT2D eigenvalue weighted by Gasteiger charge is -2.23. The van der Waals surface area contributed by atoms with Gasteiger partial charge in [-0.1, -0.05) is 32.9 Å². The van der Waals surface area contributed by atoms with E-state index in [0.717, 1.165) is 10.9 Å². The molecule has 1 heterocycles. The predicted molar refractivity (Wildman–Crippen MR) is 97.3 cm³/mol. The molecular weight excluding hydrogens is 324 g/mol. The van der Waals surface area contributed by atoms with Crippen molar-refractivity contribution in [3.8, 4) is 5.75 Å². The standard InChI is InChI=1S/C18H24N2O3S/c1-12-5-6-14(18(2,3)4)15(9-12)23-8-7-19-17-20-13(11-24-17)10-16(21)22/h5-6,9,11H,7-8,10H2,1-4H3,(H,19,20)(H,21,22). The van der Waals surface area contributed by atoms with Gasteiger partial charge in [0.25, 0.3) is 0 Å². The highest BCUT2D eigenvalue weighted by Crippen LogP contribution is 2.32. The maximum Gasteiger partial charge on any atom is 0.309 e. The molecule has 0 bridgehead atoms. The summed E-state index contributed by atoms with van der Waals surface area (Å²) in [7, 11) is 0. The number of ether oxygens (including phenoxy) is 1. The largest absolute Gasteiger partial charge is 0.491 e. The lowest BCUT2D eigenvalue weighted by atomic mass is 9.86. The summed E-state index contributed by atoms with van der Waals surface area (Å²) >= 11 is 1.41. The number of thiazole rings is 1. The molecule has 0 saturated carbocycles. The van der Waals surface area contributed by atoms with E-state index in [2.05, 4.69) is 56.2 Å². The Morgan fingerprint density at radius 2 is 2.12 bits per heavy atom. The number of hydrogen-bond acceptors (Lipinski definition) is 5. The van der Waals surface area contributed by atoms with E-state index >= 15 is 0 Å². The smallest absolute Gasteiger partial charge is 0.309 e. The summed E-state index contributed by atoms with van der Waals surface area (Å²) in [5.41, 5.74) is 2.96. The molecule has 1 aromatic heterocycles. The summed E-state index contributed by atoms with van der Waals surface area (Å²) in [6.45, 7) is 9.68. The number of nitrogens with zero attached hydrogens (tertiary/aromatic N) is 1. The number of aromatic nitrogens is 1. The van der Waals surface area contributed by atoms with Crippen molar-refractivity contribution >= 4 is 22.4 Å². The molecule has 0 spiro atoms. The molecule has 2 aromatic rings. The van der Waals surface area contributed by atoms with Crippen LogP contribution in [0.1, 0.15) is 37.6 Å². The number of hydrogen-bond donors (Lipinski definition) is 2. The SMILES string of the molecule is Cc1ccc(C(C)(C)C)c(OCCNc2nc(CC(=O)O)cs2)c1. The minimum absolute atomic E-state index is 0.0253. The summed E-state index contributed by atoms with van der Waals surface area (Å²) < 4.78 is 5.96. The third kappa shape index (κ3) is 5.23. The zero-order valence-corrected chi connectivity index (χ0v) is 15.4. The normalized spacial score (nSPS) is 11.3. The van der Waals surface area contributed by atoms with E-state index < -0.39 is 5.97 Å². The van der Waals surface area contributed by atoms with Crippen LogP contribution in [0.25, 0.3) is 0 Å². The Kier molecular flexibility index (Phi) is 5.83. The lowest BCUT2D eigenvalue weighted by Crippen LogP contribution is -2.16. The maximum atomic E-state index is 10.7. The van der Waals surface area contributed by atoms with Crippen LogP contribution in [0.2, 0.25) is 0 Å². The van der Waals surface area contributed by atoms with Crippen LogP contribution in [-0.4, -0.2) is 29.2 Å². The number of nitrogens with one attached hydrogen (secondary N) is 1. The van der Waals surface area contributed by atoms with E-state index in [0.29, 0.717) is 18.8 Å². The Hall–Kier alpha value is -2.08. The van der Waals surface area contributed by atoms with Crippen LogP contribution in [0.15, 0.2) is 23.6 Å². The molecule has 0 aliphatic rings. The van der Waals surface area contributed by atoms with E-state index in [1.165, 1.54) is 22.5 Å². The number of carbonyl (C=O) groups is 1. The number of aliphatic carboxylic acids is 1. The monoisotopic (exact) mass is 348 g/mol. The summed E-state index contributed by atoms with van der Waals surface area (Å²) in [5.74, 6) is 0.0411. The Morgan fingerprint density at radius 1 is 1.38 bits per heavy atom. The number of aryl methyl sites for hydroxylation is 1. The van der Waals surface area contributed by atoms with Gasteiger partial charge in [-0.05, 0) is 29.5 Å². The number of carboxylic acids is 1. The quantitative estimate of drug-likeness (QED) is 0.743. The van der Waals surface area contributed by atoms with Crippen LogP contribution < -0.4 is 10.1 Å². The Bertz CT molecular complexity index is 705. The summed E-state index contributed by atoms with van der Waals surface area (Å²) in [4.78, 5) is 14.9. The first-order valence-electron chi connectivity index (χ1n) is 7.89. The summed E-state index contributed by atoms with van der Waals surface area (Å²) in [6.07, 6.45) is -0.0487. The zero-order valence-electron chi connectivity index (χ0n) is 14.5. The van der Waals surface area contributed by atoms with E-state index in [9.17, 15) is 4.79 Å². The van der Waals surface area contributed by atoms with Crippen LogP contribution >= 0.6 is 11.3 Å². The lowest BCUT2D eigenvalue weighted by molar-refractivity contribution is -0.136. The first-order valence-corrected chi connectivity index (χ1v) is 8.77. The van der Waals surface area contributed by atoms with Gasteiger partial charge in [-0.25, -0.2) is 4.98 Å². The van der Waals surface area contributed by atoms with Gasteiger partial charge in [0.2, 0.25) is 0 Å². The molecule has 0 aliphatic heterocycles. The van der Waals surface area contributed by atoms with Crippen molar-refractivity contribution in [2.24, 2.45) is 0 Å². The fourth-order valence-electron chi connectivity index (χ4n) is 2.31. The molecule has 6 heteroatoms. The average molecular weight is 348 g/mol. The van der Waals surface area contributed by atoms with Crippen molar-refractivity contribution in [3.63, 3.8) is 0 Å². The van der Waals surface area contributed by atoms with Crippen molar-refractivity contribution in [3.05, 3.63) is 40.4 Å².